The van der Waals surface area contributed by atoms with Crippen LogP contribution in [-0.2, 0) is 0 Å². The van der Waals surface area contributed by atoms with Gasteiger partial charge in [0.1, 0.15) is 11.6 Å². The molecule has 3 N–H and O–H groups in total. The van der Waals surface area contributed by atoms with Crippen LogP contribution in [0.2, 0.25) is 10.0 Å². The lowest BCUT2D eigenvalue weighted by molar-refractivity contribution is 0.0978. The number of nitrogens with one attached hydrogen (secondary N) is 3. The molecule has 4 aromatic rings. The van der Waals surface area contributed by atoms with Crippen LogP contribution < -0.4 is 15.4 Å². The average Bonchev–Trinajstić information content (AvgIpc) is 3.19. The number of halogens is 2. The van der Waals surface area contributed by atoms with Gasteiger partial charge in [-0.15, -0.1) is 0 Å². The summed E-state index contributed by atoms with van der Waals surface area (Å²) in [5.41, 5.74) is 3.42. The number of carbonyl (C=O) groups excluding carboxylic acids is 1. The van der Waals surface area contributed by atoms with Crippen molar-refractivity contribution < 1.29 is 9.53 Å². The number of imidazole rings is 1. The fraction of sp³-hybridized carbons (Fsp3) is 0.0455. The quantitative estimate of drug-likeness (QED) is 0.334. The second kappa shape index (κ2) is 8.93. The number of H-pyrrole nitrogens is 1. The van der Waals surface area contributed by atoms with E-state index in [0.29, 0.717) is 17.3 Å². The van der Waals surface area contributed by atoms with E-state index in [1.54, 1.807) is 31.4 Å². The maximum absolute atomic E-state index is 12.5. The Morgan fingerprint density at radius 1 is 1.10 bits per heavy atom. The molecule has 0 saturated heterocycles. The summed E-state index contributed by atoms with van der Waals surface area (Å²) >= 11 is 17.4. The number of fused-ring (bicyclic) bond motifs is 1. The molecule has 0 radical (unpaired) electrons. The van der Waals surface area contributed by atoms with Crippen LogP contribution in [0.15, 0.2) is 60.7 Å². The molecule has 0 atom stereocenters. The zero-order valence-corrected chi connectivity index (χ0v) is 18.5. The predicted octanol–water partition coefficient (Wildman–Crippen LogP) is 5.67. The second-order valence-electron chi connectivity index (χ2n) is 6.53. The lowest BCUT2D eigenvalue weighted by atomic mass is 10.1. The Bertz CT molecular complexity index is 1270. The van der Waals surface area contributed by atoms with Gasteiger partial charge in [0.25, 0.3) is 5.91 Å². The molecule has 0 aliphatic carbocycles. The minimum Gasteiger partial charge on any atom is -0.495 e. The summed E-state index contributed by atoms with van der Waals surface area (Å²) in [5, 5.41) is 6.13. The van der Waals surface area contributed by atoms with Gasteiger partial charge in [0.2, 0.25) is 0 Å². The van der Waals surface area contributed by atoms with Crippen molar-refractivity contribution in [1.82, 2.24) is 15.3 Å². The van der Waals surface area contributed by atoms with E-state index in [4.69, 9.17) is 40.2 Å². The third-order valence-corrected chi connectivity index (χ3v) is 5.56. The first-order valence-electron chi connectivity index (χ1n) is 9.16. The maximum atomic E-state index is 12.5. The van der Waals surface area contributed by atoms with Crippen LogP contribution in [0.1, 0.15) is 10.4 Å². The molecule has 4 rings (SSSR count). The Labute approximate surface area is 193 Å². The van der Waals surface area contributed by atoms with Gasteiger partial charge in [-0.25, -0.2) is 4.98 Å². The number of hydrogen-bond donors (Lipinski definition) is 3. The van der Waals surface area contributed by atoms with E-state index in [1.165, 1.54) is 0 Å². The van der Waals surface area contributed by atoms with E-state index in [9.17, 15) is 4.79 Å². The first-order chi connectivity index (χ1) is 15.0. The molecule has 1 amide bonds. The summed E-state index contributed by atoms with van der Waals surface area (Å²) in [6, 6.07) is 18.1. The number of anilines is 1. The summed E-state index contributed by atoms with van der Waals surface area (Å²) in [7, 11) is 1.55. The van der Waals surface area contributed by atoms with Crippen molar-refractivity contribution in [3.05, 3.63) is 76.3 Å². The molecule has 0 bridgehead atoms. The van der Waals surface area contributed by atoms with E-state index in [-0.39, 0.29) is 20.7 Å². The molecule has 0 unspecified atom stereocenters. The minimum atomic E-state index is -0.475. The number of para-hydroxylation sites is 2. The van der Waals surface area contributed by atoms with Crippen LogP contribution in [0.5, 0.6) is 5.75 Å². The molecule has 9 heteroatoms. The Kier molecular flexibility index (Phi) is 6.08. The van der Waals surface area contributed by atoms with Gasteiger partial charge in [0.05, 0.1) is 39.4 Å². The number of benzene rings is 3. The monoisotopic (exact) mass is 470 g/mol. The SMILES string of the molecule is COc1ccc(-c2nc3ccccc3[nH]2)cc1NC(=S)NC(=O)c1cccc(Cl)c1Cl. The summed E-state index contributed by atoms with van der Waals surface area (Å²) < 4.78 is 5.42. The van der Waals surface area contributed by atoms with Crippen LogP contribution >= 0.6 is 35.4 Å². The van der Waals surface area contributed by atoms with Crippen LogP contribution in [0, 0.1) is 0 Å². The molecule has 0 fully saturated rings. The summed E-state index contributed by atoms with van der Waals surface area (Å²) in [5.74, 6) is 0.780. The van der Waals surface area contributed by atoms with Crippen molar-refractivity contribution in [2.24, 2.45) is 0 Å². The molecule has 0 aliphatic rings. The topological polar surface area (TPSA) is 79.0 Å². The number of aromatic amines is 1. The fourth-order valence-corrected chi connectivity index (χ4v) is 3.63. The highest BCUT2D eigenvalue weighted by Crippen LogP contribution is 2.30. The van der Waals surface area contributed by atoms with Gasteiger partial charge >= 0.3 is 0 Å². The molecule has 156 valence electrons. The Morgan fingerprint density at radius 3 is 2.68 bits per heavy atom. The predicted molar refractivity (Wildman–Crippen MR) is 128 cm³/mol. The smallest absolute Gasteiger partial charge is 0.258 e. The standard InChI is InChI=1S/C22H16Cl2N4O2S/c1-30-18-10-9-12(20-25-15-7-2-3-8-16(15)26-20)11-17(18)27-22(31)28-21(29)13-5-4-6-14(23)19(13)24/h2-11H,1H3,(H,25,26)(H2,27,28,29,31). The second-order valence-corrected chi connectivity index (χ2v) is 7.72. The normalized spacial score (nSPS) is 10.7. The highest BCUT2D eigenvalue weighted by Gasteiger charge is 2.15. The molecular weight excluding hydrogens is 455 g/mol. The fourth-order valence-electron chi connectivity index (χ4n) is 3.05. The number of ether oxygens (including phenoxy) is 1. The number of amides is 1. The summed E-state index contributed by atoms with van der Waals surface area (Å²) in [6.07, 6.45) is 0. The zero-order chi connectivity index (χ0) is 22.0. The highest BCUT2D eigenvalue weighted by molar-refractivity contribution is 7.80. The first kappa shape index (κ1) is 21.1. The van der Waals surface area contributed by atoms with Gasteiger partial charge in [-0.05, 0) is 54.7 Å². The van der Waals surface area contributed by atoms with Gasteiger partial charge < -0.3 is 15.0 Å². The average molecular weight is 471 g/mol. The number of rotatable bonds is 4. The Balaban J connectivity index is 1.57. The molecule has 1 heterocycles. The van der Waals surface area contributed by atoms with Crippen LogP contribution in [0.3, 0.4) is 0 Å². The van der Waals surface area contributed by atoms with Gasteiger partial charge in [-0.1, -0.05) is 41.4 Å². The molecule has 3 aromatic carbocycles. The lowest BCUT2D eigenvalue weighted by Gasteiger charge is -2.14. The lowest BCUT2D eigenvalue weighted by Crippen LogP contribution is -2.34. The number of carbonyl (C=O) groups is 1. The maximum Gasteiger partial charge on any atom is 0.258 e. The van der Waals surface area contributed by atoms with E-state index in [0.717, 1.165) is 16.6 Å². The minimum absolute atomic E-state index is 0.0844. The molecular formula is C22H16Cl2N4O2S. The van der Waals surface area contributed by atoms with E-state index >= 15 is 0 Å². The third-order valence-electron chi connectivity index (χ3n) is 4.53. The Hall–Kier alpha value is -3.13. The van der Waals surface area contributed by atoms with Crippen LogP contribution in [0.4, 0.5) is 5.69 Å². The van der Waals surface area contributed by atoms with Crippen LogP contribution in [0.25, 0.3) is 22.4 Å². The number of methoxy groups -OCH3 is 1. The molecule has 6 nitrogen and oxygen atoms in total. The van der Waals surface area contributed by atoms with E-state index in [2.05, 4.69) is 20.6 Å². The van der Waals surface area contributed by atoms with Gasteiger partial charge in [-0.3, -0.25) is 10.1 Å². The van der Waals surface area contributed by atoms with Gasteiger partial charge in [0, 0.05) is 5.56 Å². The van der Waals surface area contributed by atoms with Crippen molar-refractivity contribution >= 4 is 63.2 Å². The van der Waals surface area contributed by atoms with E-state index < -0.39 is 5.91 Å². The third kappa shape index (κ3) is 4.49. The van der Waals surface area contributed by atoms with Crippen molar-refractivity contribution in [2.45, 2.75) is 0 Å². The Morgan fingerprint density at radius 2 is 1.90 bits per heavy atom. The molecule has 0 spiro atoms. The van der Waals surface area contributed by atoms with Crippen molar-refractivity contribution in [3.63, 3.8) is 0 Å². The molecule has 1 aromatic heterocycles. The first-order valence-corrected chi connectivity index (χ1v) is 10.3. The molecule has 31 heavy (non-hydrogen) atoms. The zero-order valence-electron chi connectivity index (χ0n) is 16.2. The van der Waals surface area contributed by atoms with Crippen molar-refractivity contribution in [2.75, 3.05) is 12.4 Å². The summed E-state index contributed by atoms with van der Waals surface area (Å²) in [4.78, 5) is 20.4. The van der Waals surface area contributed by atoms with Gasteiger partial charge in [0.15, 0.2) is 5.11 Å². The number of thiocarbonyl (C=S) groups is 1. The highest BCUT2D eigenvalue weighted by atomic mass is 35.5. The van der Waals surface area contributed by atoms with Crippen molar-refractivity contribution in [3.8, 4) is 17.1 Å². The number of aromatic nitrogens is 2. The summed E-state index contributed by atoms with van der Waals surface area (Å²) in [6.45, 7) is 0. The number of nitrogens with zero attached hydrogens (tertiary/aromatic N) is 1. The largest absolute Gasteiger partial charge is 0.495 e. The number of hydrogen-bond acceptors (Lipinski definition) is 4. The van der Waals surface area contributed by atoms with Crippen molar-refractivity contribution in [1.29, 1.82) is 0 Å². The molecule has 0 saturated carbocycles. The van der Waals surface area contributed by atoms with E-state index in [1.807, 2.05) is 36.4 Å². The van der Waals surface area contributed by atoms with Gasteiger partial charge in [-0.2, -0.15) is 0 Å². The van der Waals surface area contributed by atoms with Crippen LogP contribution in [-0.4, -0.2) is 28.1 Å². The molecule has 0 aliphatic heterocycles.